The van der Waals surface area contributed by atoms with Crippen molar-refractivity contribution in [2.75, 3.05) is 6.26 Å². The fraction of sp³-hybridized carbons (Fsp3) is 0.133. The third-order valence-corrected chi connectivity index (χ3v) is 4.19. The number of carbonyl (C=O) groups excluding carboxylic acids is 1. The zero-order valence-electron chi connectivity index (χ0n) is 11.4. The number of sulfone groups is 1. The molecule has 0 N–H and O–H groups in total. The molecule has 0 bridgehead atoms. The van der Waals surface area contributed by atoms with Crippen LogP contribution in [-0.2, 0) is 9.84 Å². The third-order valence-electron chi connectivity index (χ3n) is 3.06. The van der Waals surface area contributed by atoms with Crippen molar-refractivity contribution >= 4 is 15.6 Å². The van der Waals surface area contributed by atoms with Gasteiger partial charge in [-0.15, -0.1) is 0 Å². The van der Waals surface area contributed by atoms with E-state index in [9.17, 15) is 22.0 Å². The summed E-state index contributed by atoms with van der Waals surface area (Å²) in [7, 11) is -3.38. The van der Waals surface area contributed by atoms with Gasteiger partial charge in [0.15, 0.2) is 27.3 Å². The Labute approximate surface area is 121 Å². The van der Waals surface area contributed by atoms with Gasteiger partial charge in [-0.25, -0.2) is 17.2 Å². The molecule has 0 unspecified atom stereocenters. The van der Waals surface area contributed by atoms with Crippen LogP contribution >= 0.6 is 0 Å². The molecule has 2 aromatic carbocycles. The SMILES string of the molecule is Cc1ccc(C(=O)c2ccc(S(C)(=O)=O)cc2)c(F)c1F. The van der Waals surface area contributed by atoms with E-state index in [1.807, 2.05) is 0 Å². The number of ketones is 1. The van der Waals surface area contributed by atoms with E-state index in [1.165, 1.54) is 43.3 Å². The molecule has 0 spiro atoms. The molecule has 21 heavy (non-hydrogen) atoms. The van der Waals surface area contributed by atoms with Crippen molar-refractivity contribution in [3.05, 3.63) is 64.7 Å². The summed E-state index contributed by atoms with van der Waals surface area (Å²) in [6, 6.07) is 7.58. The van der Waals surface area contributed by atoms with Crippen LogP contribution in [0, 0.1) is 18.6 Å². The van der Waals surface area contributed by atoms with E-state index in [1.54, 1.807) is 0 Å². The van der Waals surface area contributed by atoms with Gasteiger partial charge in [-0.2, -0.15) is 0 Å². The fourth-order valence-corrected chi connectivity index (χ4v) is 2.46. The Morgan fingerprint density at radius 2 is 1.52 bits per heavy atom. The van der Waals surface area contributed by atoms with Crippen LogP contribution in [-0.4, -0.2) is 20.5 Å². The molecule has 110 valence electrons. The molecular weight excluding hydrogens is 298 g/mol. The lowest BCUT2D eigenvalue weighted by molar-refractivity contribution is 0.103. The highest BCUT2D eigenvalue weighted by molar-refractivity contribution is 7.90. The summed E-state index contributed by atoms with van der Waals surface area (Å²) in [6.07, 6.45) is 1.04. The molecule has 0 fully saturated rings. The minimum atomic E-state index is -3.38. The molecule has 6 heteroatoms. The molecule has 0 saturated heterocycles. The van der Waals surface area contributed by atoms with E-state index in [4.69, 9.17) is 0 Å². The first-order chi connectivity index (χ1) is 9.71. The molecule has 0 saturated carbocycles. The second kappa shape index (κ2) is 5.37. The monoisotopic (exact) mass is 310 g/mol. The van der Waals surface area contributed by atoms with E-state index < -0.39 is 27.3 Å². The van der Waals surface area contributed by atoms with Gasteiger partial charge in [0.2, 0.25) is 0 Å². The molecule has 0 heterocycles. The summed E-state index contributed by atoms with van der Waals surface area (Å²) in [6.45, 7) is 1.40. The average molecular weight is 310 g/mol. The Bertz CT molecular complexity index is 810. The summed E-state index contributed by atoms with van der Waals surface area (Å²) in [5.74, 6) is -2.97. The van der Waals surface area contributed by atoms with Crippen LogP contribution in [0.25, 0.3) is 0 Å². The smallest absolute Gasteiger partial charge is 0.196 e. The number of carbonyl (C=O) groups is 1. The number of halogens is 2. The molecule has 3 nitrogen and oxygen atoms in total. The minimum absolute atomic E-state index is 0.0506. The number of rotatable bonds is 3. The lowest BCUT2D eigenvalue weighted by Crippen LogP contribution is -2.07. The van der Waals surface area contributed by atoms with Crippen LogP contribution in [0.4, 0.5) is 8.78 Å². The van der Waals surface area contributed by atoms with Crippen molar-refractivity contribution in [2.24, 2.45) is 0 Å². The molecule has 0 atom stereocenters. The highest BCUT2D eigenvalue weighted by Gasteiger charge is 2.19. The molecule has 0 amide bonds. The highest BCUT2D eigenvalue weighted by atomic mass is 32.2. The predicted molar refractivity (Wildman–Crippen MR) is 74.1 cm³/mol. The highest BCUT2D eigenvalue weighted by Crippen LogP contribution is 2.20. The Kier molecular flexibility index (Phi) is 3.91. The van der Waals surface area contributed by atoms with Crippen LogP contribution in [0.2, 0.25) is 0 Å². The van der Waals surface area contributed by atoms with Gasteiger partial charge in [0.05, 0.1) is 10.5 Å². The van der Waals surface area contributed by atoms with Crippen molar-refractivity contribution in [3.8, 4) is 0 Å². The van der Waals surface area contributed by atoms with Crippen molar-refractivity contribution in [1.82, 2.24) is 0 Å². The fourth-order valence-electron chi connectivity index (χ4n) is 1.83. The Hall–Kier alpha value is -2.08. The predicted octanol–water partition coefficient (Wildman–Crippen LogP) is 2.91. The minimum Gasteiger partial charge on any atom is -0.288 e. The van der Waals surface area contributed by atoms with E-state index in [0.717, 1.165) is 6.26 Å². The van der Waals surface area contributed by atoms with E-state index in [-0.39, 0.29) is 21.6 Å². The van der Waals surface area contributed by atoms with Crippen molar-refractivity contribution < 1.29 is 22.0 Å². The summed E-state index contributed by atoms with van der Waals surface area (Å²) in [4.78, 5) is 12.2. The van der Waals surface area contributed by atoms with Crippen LogP contribution in [0.3, 0.4) is 0 Å². The van der Waals surface area contributed by atoms with Crippen LogP contribution < -0.4 is 0 Å². The van der Waals surface area contributed by atoms with Gasteiger partial charge in [0, 0.05) is 11.8 Å². The quantitative estimate of drug-likeness (QED) is 0.819. The van der Waals surface area contributed by atoms with Gasteiger partial charge >= 0.3 is 0 Å². The number of aryl methyl sites for hydroxylation is 1. The van der Waals surface area contributed by atoms with Crippen molar-refractivity contribution in [2.45, 2.75) is 11.8 Å². The molecule has 2 aromatic rings. The maximum absolute atomic E-state index is 13.8. The van der Waals surface area contributed by atoms with Gasteiger partial charge in [-0.1, -0.05) is 6.07 Å². The normalized spacial score (nSPS) is 11.4. The van der Waals surface area contributed by atoms with Gasteiger partial charge in [0.1, 0.15) is 0 Å². The first-order valence-electron chi connectivity index (χ1n) is 6.01. The summed E-state index contributed by atoms with van der Waals surface area (Å²) >= 11 is 0. The van der Waals surface area contributed by atoms with Gasteiger partial charge in [0.25, 0.3) is 0 Å². The largest absolute Gasteiger partial charge is 0.288 e. The summed E-state index contributed by atoms with van der Waals surface area (Å²) < 4.78 is 49.9. The molecule has 2 rings (SSSR count). The number of hydrogen-bond acceptors (Lipinski definition) is 3. The maximum Gasteiger partial charge on any atom is 0.196 e. The maximum atomic E-state index is 13.8. The first kappa shape index (κ1) is 15.3. The molecular formula is C15H12F2O3S. The topological polar surface area (TPSA) is 51.2 Å². The first-order valence-corrected chi connectivity index (χ1v) is 7.90. The summed E-state index contributed by atoms with van der Waals surface area (Å²) in [5, 5.41) is 0. The molecule has 0 aliphatic carbocycles. The second-order valence-corrected chi connectivity index (χ2v) is 6.70. The summed E-state index contributed by atoms with van der Waals surface area (Å²) in [5.41, 5.74) is -0.189. The van der Waals surface area contributed by atoms with Crippen LogP contribution in [0.15, 0.2) is 41.3 Å². The van der Waals surface area contributed by atoms with E-state index >= 15 is 0 Å². The number of hydrogen-bond donors (Lipinski definition) is 0. The standard InChI is InChI=1S/C15H12F2O3S/c1-9-3-8-12(14(17)13(9)16)15(18)10-4-6-11(7-5-10)21(2,19)20/h3-8H,1-2H3. The van der Waals surface area contributed by atoms with Crippen LogP contribution in [0.5, 0.6) is 0 Å². The lowest BCUT2D eigenvalue weighted by atomic mass is 10.0. The van der Waals surface area contributed by atoms with Crippen molar-refractivity contribution in [3.63, 3.8) is 0 Å². The average Bonchev–Trinajstić information content (AvgIpc) is 2.43. The van der Waals surface area contributed by atoms with E-state index in [0.29, 0.717) is 0 Å². The number of benzene rings is 2. The van der Waals surface area contributed by atoms with Gasteiger partial charge in [-0.3, -0.25) is 4.79 Å². The van der Waals surface area contributed by atoms with E-state index in [2.05, 4.69) is 0 Å². The molecule has 0 radical (unpaired) electrons. The molecule has 0 aliphatic rings. The molecule has 0 aliphatic heterocycles. The van der Waals surface area contributed by atoms with Gasteiger partial charge in [-0.05, 0) is 42.8 Å². The Balaban J connectivity index is 2.44. The second-order valence-electron chi connectivity index (χ2n) is 4.68. The Morgan fingerprint density at radius 3 is 2.05 bits per heavy atom. The van der Waals surface area contributed by atoms with Gasteiger partial charge < -0.3 is 0 Å². The molecule has 0 aromatic heterocycles. The third kappa shape index (κ3) is 3.00. The Morgan fingerprint density at radius 1 is 0.952 bits per heavy atom. The van der Waals surface area contributed by atoms with Crippen molar-refractivity contribution in [1.29, 1.82) is 0 Å². The zero-order chi connectivity index (χ0) is 15.8. The van der Waals surface area contributed by atoms with Crippen LogP contribution in [0.1, 0.15) is 21.5 Å². The zero-order valence-corrected chi connectivity index (χ0v) is 12.2. The lowest BCUT2D eigenvalue weighted by Gasteiger charge is -2.06.